The largest absolute Gasteiger partial charge is 0.493 e. The molecule has 0 bridgehead atoms. The quantitative estimate of drug-likeness (QED) is 0.154. The van der Waals surface area contributed by atoms with Crippen molar-refractivity contribution in [2.24, 2.45) is 5.14 Å². The Morgan fingerprint density at radius 2 is 1.60 bits per heavy atom. The number of sulfonamides is 1. The number of primary sulfonamides is 1. The molecule has 1 aliphatic heterocycles. The Hall–Kier alpha value is -5.24. The minimum Gasteiger partial charge on any atom is -0.493 e. The van der Waals surface area contributed by atoms with Gasteiger partial charge in [0.15, 0.2) is 0 Å². The molecule has 0 saturated carbocycles. The molecule has 0 spiro atoms. The van der Waals surface area contributed by atoms with Gasteiger partial charge in [-0.1, -0.05) is 36.4 Å². The molecule has 0 aromatic heterocycles. The summed E-state index contributed by atoms with van der Waals surface area (Å²) in [4.78, 5) is 53.9. The highest BCUT2D eigenvalue weighted by Crippen LogP contribution is 2.34. The van der Waals surface area contributed by atoms with Crippen LogP contribution in [0.2, 0.25) is 0 Å². The predicted octanol–water partition coefficient (Wildman–Crippen LogP) is 4.57. The molecule has 240 valence electrons. The summed E-state index contributed by atoms with van der Waals surface area (Å²) in [5.74, 6) is -1.33. The molecule has 1 saturated heterocycles. The number of amides is 4. The number of benzene rings is 4. The lowest BCUT2D eigenvalue weighted by molar-refractivity contribution is -0.121. The molecule has 0 radical (unpaired) electrons. The van der Waals surface area contributed by atoms with Crippen LogP contribution in [-0.4, -0.2) is 43.9 Å². The van der Waals surface area contributed by atoms with E-state index in [0.29, 0.717) is 34.1 Å². The van der Waals surface area contributed by atoms with Crippen molar-refractivity contribution in [3.63, 3.8) is 0 Å². The zero-order chi connectivity index (χ0) is 33.6. The Labute approximate surface area is 275 Å². The van der Waals surface area contributed by atoms with Gasteiger partial charge in [0, 0.05) is 28.1 Å². The molecule has 1 heterocycles. The first-order valence-electron chi connectivity index (χ1n) is 14.4. The molecule has 1 aliphatic rings. The van der Waals surface area contributed by atoms with Crippen LogP contribution in [0.1, 0.15) is 29.3 Å². The Bertz CT molecular complexity index is 1950. The van der Waals surface area contributed by atoms with Crippen LogP contribution in [0.25, 0.3) is 6.08 Å². The summed E-state index contributed by atoms with van der Waals surface area (Å²) in [6, 6.07) is 27.6. The number of nitrogens with two attached hydrogens (primary N) is 1. The van der Waals surface area contributed by atoms with Crippen LogP contribution in [0.15, 0.2) is 119 Å². The van der Waals surface area contributed by atoms with Gasteiger partial charge in [-0.25, -0.2) is 18.5 Å². The van der Waals surface area contributed by atoms with Crippen molar-refractivity contribution >= 4 is 62.9 Å². The number of anilines is 2. The number of carbonyl (C=O) groups excluding carboxylic acids is 4. The van der Waals surface area contributed by atoms with Gasteiger partial charge >= 0.3 is 0 Å². The topological polar surface area (TPSA) is 165 Å². The number of nitrogens with zero attached hydrogens (tertiary/aromatic N) is 1. The highest BCUT2D eigenvalue weighted by Gasteiger charge is 2.40. The van der Waals surface area contributed by atoms with Crippen molar-refractivity contribution in [2.45, 2.75) is 28.4 Å². The van der Waals surface area contributed by atoms with E-state index in [2.05, 4.69) is 10.6 Å². The van der Waals surface area contributed by atoms with Gasteiger partial charge in [-0.3, -0.25) is 19.2 Å². The Kier molecular flexibility index (Phi) is 10.2. The maximum Gasteiger partial charge on any atom is 0.272 e. The number of rotatable bonds is 11. The van der Waals surface area contributed by atoms with E-state index in [0.717, 1.165) is 4.90 Å². The average Bonchev–Trinajstić information content (AvgIpc) is 3.34. The van der Waals surface area contributed by atoms with Crippen molar-refractivity contribution in [3.05, 3.63) is 120 Å². The molecule has 0 aliphatic carbocycles. The van der Waals surface area contributed by atoms with Gasteiger partial charge in [-0.15, -0.1) is 11.8 Å². The Balaban J connectivity index is 1.29. The molecule has 11 nitrogen and oxygen atoms in total. The molecule has 4 N–H and O–H groups in total. The van der Waals surface area contributed by atoms with Gasteiger partial charge in [0.05, 0.1) is 22.4 Å². The van der Waals surface area contributed by atoms with Crippen LogP contribution < -0.4 is 25.4 Å². The molecule has 1 fully saturated rings. The van der Waals surface area contributed by atoms with Crippen LogP contribution in [0.5, 0.6) is 5.75 Å². The Morgan fingerprint density at radius 3 is 2.26 bits per heavy atom. The average molecular weight is 671 g/mol. The highest BCUT2D eigenvalue weighted by atomic mass is 32.2. The fourth-order valence-corrected chi connectivity index (χ4v) is 6.29. The fourth-order valence-electron chi connectivity index (χ4n) is 4.72. The maximum atomic E-state index is 13.5. The molecular formula is C34H30N4O7S2. The summed E-state index contributed by atoms with van der Waals surface area (Å²) in [5.41, 5.74) is 1.66. The minimum absolute atomic E-state index is 0.00305. The number of thioether (sulfide) groups is 1. The highest BCUT2D eigenvalue weighted by molar-refractivity contribution is 8.00. The first-order valence-corrected chi connectivity index (χ1v) is 16.8. The van der Waals surface area contributed by atoms with Gasteiger partial charge in [0.25, 0.3) is 11.8 Å². The van der Waals surface area contributed by atoms with E-state index in [4.69, 9.17) is 9.88 Å². The number of para-hydroxylation sites is 1. The van der Waals surface area contributed by atoms with Crippen LogP contribution in [-0.2, 0) is 24.4 Å². The molecular weight excluding hydrogens is 641 g/mol. The standard InChI is InChI=1S/C34H30N4O7S2/c1-2-45-29-11-7-6-10-23(29)20-28(37-32(40)22-8-4-3-5-9-22)33(41)36-24-12-16-26(17-13-24)46-30-21-31(39)38(34(30)42)25-14-18-27(19-15-25)47(35,43)44/h3-20,30H,2,21H2,1H3,(H,36,41)(H,37,40)(H2,35,43,44)/b28-20-. The number of ether oxygens (including phenoxy) is 1. The lowest BCUT2D eigenvalue weighted by atomic mass is 10.1. The molecule has 1 unspecified atom stereocenters. The normalized spacial score (nSPS) is 15.0. The minimum atomic E-state index is -3.92. The fraction of sp³-hybridized carbons (Fsp3) is 0.118. The van der Waals surface area contributed by atoms with Gasteiger partial charge in [0.1, 0.15) is 11.4 Å². The molecule has 5 rings (SSSR count). The summed E-state index contributed by atoms with van der Waals surface area (Å²) in [7, 11) is -3.92. The first-order chi connectivity index (χ1) is 22.5. The summed E-state index contributed by atoms with van der Waals surface area (Å²) >= 11 is 1.19. The smallest absolute Gasteiger partial charge is 0.272 e. The SMILES string of the molecule is CCOc1ccccc1/C=C(\NC(=O)c1ccccc1)C(=O)Nc1ccc(SC2CC(=O)N(c3ccc(S(N)(=O)=O)cc3)C2=O)cc1. The zero-order valence-electron chi connectivity index (χ0n) is 25.1. The second-order valence-corrected chi connectivity index (χ2v) is 13.1. The van der Waals surface area contributed by atoms with Crippen molar-refractivity contribution in [1.82, 2.24) is 5.32 Å². The van der Waals surface area contributed by atoms with E-state index in [9.17, 15) is 27.6 Å². The third-order valence-corrected chi connectivity index (χ3v) is 9.09. The summed E-state index contributed by atoms with van der Waals surface area (Å²) in [6.07, 6.45) is 1.50. The second-order valence-electron chi connectivity index (χ2n) is 10.2. The van der Waals surface area contributed by atoms with Gasteiger partial charge < -0.3 is 15.4 Å². The number of carbonyl (C=O) groups is 4. The maximum absolute atomic E-state index is 13.5. The molecule has 13 heteroatoms. The van der Waals surface area contributed by atoms with Crippen LogP contribution >= 0.6 is 11.8 Å². The molecule has 4 aromatic rings. The lowest BCUT2D eigenvalue weighted by Crippen LogP contribution is -2.31. The molecule has 4 aromatic carbocycles. The molecule has 1 atom stereocenters. The van der Waals surface area contributed by atoms with Crippen molar-refractivity contribution in [1.29, 1.82) is 0 Å². The van der Waals surface area contributed by atoms with Crippen molar-refractivity contribution in [3.8, 4) is 5.75 Å². The second kappa shape index (κ2) is 14.5. The van der Waals surface area contributed by atoms with E-state index in [1.807, 2.05) is 13.0 Å². The number of nitrogens with one attached hydrogen (secondary N) is 2. The van der Waals surface area contributed by atoms with E-state index < -0.39 is 38.9 Å². The van der Waals surface area contributed by atoms with Crippen molar-refractivity contribution < 1.29 is 32.3 Å². The summed E-state index contributed by atoms with van der Waals surface area (Å²) in [6.45, 7) is 2.27. The third-order valence-electron chi connectivity index (χ3n) is 6.97. The summed E-state index contributed by atoms with van der Waals surface area (Å²) in [5, 5.41) is 9.94. The van der Waals surface area contributed by atoms with E-state index in [-0.39, 0.29) is 22.7 Å². The lowest BCUT2D eigenvalue weighted by Gasteiger charge is -2.15. The van der Waals surface area contributed by atoms with Crippen LogP contribution in [0.3, 0.4) is 0 Å². The van der Waals surface area contributed by atoms with Gasteiger partial charge in [-0.2, -0.15) is 0 Å². The van der Waals surface area contributed by atoms with Crippen LogP contribution in [0, 0.1) is 0 Å². The van der Waals surface area contributed by atoms with Crippen molar-refractivity contribution in [2.75, 3.05) is 16.8 Å². The number of hydrogen-bond acceptors (Lipinski definition) is 8. The first kappa shape index (κ1) is 33.1. The predicted molar refractivity (Wildman–Crippen MR) is 179 cm³/mol. The monoisotopic (exact) mass is 670 g/mol. The van der Waals surface area contributed by atoms with E-state index in [1.54, 1.807) is 78.9 Å². The number of hydrogen-bond donors (Lipinski definition) is 3. The number of imide groups is 1. The zero-order valence-corrected chi connectivity index (χ0v) is 26.7. The van der Waals surface area contributed by atoms with Gasteiger partial charge in [-0.05, 0) is 79.7 Å². The summed E-state index contributed by atoms with van der Waals surface area (Å²) < 4.78 is 28.8. The van der Waals surface area contributed by atoms with Crippen LogP contribution in [0.4, 0.5) is 11.4 Å². The van der Waals surface area contributed by atoms with E-state index in [1.165, 1.54) is 36.0 Å². The van der Waals surface area contributed by atoms with Gasteiger partial charge in [0.2, 0.25) is 21.8 Å². The molecule has 47 heavy (non-hydrogen) atoms. The Morgan fingerprint density at radius 1 is 0.936 bits per heavy atom. The third kappa shape index (κ3) is 8.14. The molecule has 4 amide bonds. The van der Waals surface area contributed by atoms with E-state index >= 15 is 0 Å².